The van der Waals surface area contributed by atoms with E-state index in [9.17, 15) is 9.59 Å². The minimum absolute atomic E-state index is 0.0889. The smallest absolute Gasteiger partial charge is 0.248 e. The van der Waals surface area contributed by atoms with Crippen molar-refractivity contribution in [3.63, 3.8) is 0 Å². The Morgan fingerprint density at radius 2 is 2.30 bits per heavy atom. The molecule has 108 valence electrons. The third-order valence-electron chi connectivity index (χ3n) is 3.20. The van der Waals surface area contributed by atoms with Crippen LogP contribution in [-0.2, 0) is 9.53 Å². The first-order valence-electron chi connectivity index (χ1n) is 6.59. The summed E-state index contributed by atoms with van der Waals surface area (Å²) in [6.45, 7) is 3.96. The molecule has 0 radical (unpaired) electrons. The topological polar surface area (TPSA) is 93.5 Å². The molecular weight excluding hydrogens is 258 g/mol. The maximum Gasteiger partial charge on any atom is 0.248 e. The van der Waals surface area contributed by atoms with E-state index in [1.54, 1.807) is 18.2 Å². The zero-order chi connectivity index (χ0) is 14.5. The van der Waals surface area contributed by atoms with Gasteiger partial charge in [-0.05, 0) is 30.7 Å². The Labute approximate surface area is 117 Å². The van der Waals surface area contributed by atoms with Crippen molar-refractivity contribution in [2.24, 2.45) is 5.73 Å². The predicted octanol–water partition coefficient (Wildman–Crippen LogP) is 0.411. The second kappa shape index (κ2) is 6.49. The number of carbonyl (C=O) groups is 2. The lowest BCUT2D eigenvalue weighted by atomic mass is 10.1. The van der Waals surface area contributed by atoms with Crippen molar-refractivity contribution in [3.05, 3.63) is 29.3 Å². The molecule has 20 heavy (non-hydrogen) atoms. The van der Waals surface area contributed by atoms with Crippen molar-refractivity contribution in [2.75, 3.05) is 25.0 Å². The van der Waals surface area contributed by atoms with Crippen molar-refractivity contribution in [1.29, 1.82) is 0 Å². The molecule has 2 rings (SSSR count). The first kappa shape index (κ1) is 14.5. The highest BCUT2D eigenvalue weighted by Crippen LogP contribution is 2.17. The number of ether oxygens (including phenoxy) is 1. The highest BCUT2D eigenvalue weighted by Gasteiger charge is 2.17. The van der Waals surface area contributed by atoms with Gasteiger partial charge in [0.05, 0.1) is 19.1 Å². The largest absolute Gasteiger partial charge is 0.375 e. The Balaban J connectivity index is 1.95. The number of anilines is 1. The van der Waals surface area contributed by atoms with Crippen LogP contribution in [0.4, 0.5) is 5.69 Å². The summed E-state index contributed by atoms with van der Waals surface area (Å²) >= 11 is 0. The average Bonchev–Trinajstić information content (AvgIpc) is 2.42. The molecule has 1 aromatic carbocycles. The van der Waals surface area contributed by atoms with Gasteiger partial charge in [-0.25, -0.2) is 0 Å². The van der Waals surface area contributed by atoms with Crippen LogP contribution in [0.5, 0.6) is 0 Å². The third kappa shape index (κ3) is 3.79. The van der Waals surface area contributed by atoms with Crippen molar-refractivity contribution in [1.82, 2.24) is 5.32 Å². The van der Waals surface area contributed by atoms with Crippen LogP contribution in [0.15, 0.2) is 18.2 Å². The van der Waals surface area contributed by atoms with Gasteiger partial charge < -0.3 is 21.1 Å². The third-order valence-corrected chi connectivity index (χ3v) is 3.20. The standard InChI is InChI=1S/C14H19N3O3/c1-9-6-10(14(15)19)2-3-12(9)17-13(18)7-11-8-16-4-5-20-11/h2-3,6,11,16H,4-5,7-8H2,1H3,(H2,15,19)(H,17,18). The molecule has 1 aliphatic rings. The maximum absolute atomic E-state index is 11.9. The maximum atomic E-state index is 11.9. The molecule has 6 nitrogen and oxygen atoms in total. The minimum atomic E-state index is -0.479. The van der Waals surface area contributed by atoms with E-state index in [0.717, 1.165) is 12.1 Å². The van der Waals surface area contributed by atoms with E-state index < -0.39 is 5.91 Å². The van der Waals surface area contributed by atoms with E-state index in [1.165, 1.54) is 0 Å². The quantitative estimate of drug-likeness (QED) is 0.743. The number of rotatable bonds is 4. The number of hydrogen-bond acceptors (Lipinski definition) is 4. The molecule has 1 unspecified atom stereocenters. The lowest BCUT2D eigenvalue weighted by Gasteiger charge is -2.23. The average molecular weight is 277 g/mol. The van der Waals surface area contributed by atoms with Crippen molar-refractivity contribution in [2.45, 2.75) is 19.4 Å². The molecule has 1 aromatic rings. The molecule has 0 saturated carbocycles. The van der Waals surface area contributed by atoms with Gasteiger partial charge in [0, 0.05) is 24.3 Å². The second-order valence-corrected chi connectivity index (χ2v) is 4.84. The summed E-state index contributed by atoms with van der Waals surface area (Å²) in [6.07, 6.45) is 0.221. The molecule has 1 saturated heterocycles. The van der Waals surface area contributed by atoms with Gasteiger partial charge in [0.25, 0.3) is 0 Å². The Morgan fingerprint density at radius 1 is 1.50 bits per heavy atom. The number of morpholine rings is 1. The predicted molar refractivity (Wildman–Crippen MR) is 75.6 cm³/mol. The van der Waals surface area contributed by atoms with Gasteiger partial charge >= 0.3 is 0 Å². The van der Waals surface area contributed by atoms with E-state index in [0.29, 0.717) is 30.8 Å². The summed E-state index contributed by atoms with van der Waals surface area (Å²) in [6, 6.07) is 4.95. The minimum Gasteiger partial charge on any atom is -0.375 e. The Hall–Kier alpha value is -1.92. The van der Waals surface area contributed by atoms with Gasteiger partial charge in [0.2, 0.25) is 11.8 Å². The lowest BCUT2D eigenvalue weighted by Crippen LogP contribution is -2.40. The summed E-state index contributed by atoms with van der Waals surface area (Å²) in [5.41, 5.74) is 7.13. The molecule has 0 bridgehead atoms. The zero-order valence-corrected chi connectivity index (χ0v) is 11.4. The second-order valence-electron chi connectivity index (χ2n) is 4.84. The lowest BCUT2D eigenvalue weighted by molar-refractivity contribution is -0.119. The monoisotopic (exact) mass is 277 g/mol. The Bertz CT molecular complexity index is 510. The number of nitrogens with two attached hydrogens (primary N) is 1. The number of nitrogens with one attached hydrogen (secondary N) is 2. The van der Waals surface area contributed by atoms with Crippen LogP contribution < -0.4 is 16.4 Å². The summed E-state index contributed by atoms with van der Waals surface area (Å²) in [5, 5.41) is 6.00. The number of hydrogen-bond donors (Lipinski definition) is 3. The summed E-state index contributed by atoms with van der Waals surface area (Å²) in [7, 11) is 0. The van der Waals surface area contributed by atoms with Crippen LogP contribution in [0, 0.1) is 6.92 Å². The fourth-order valence-electron chi connectivity index (χ4n) is 2.12. The van der Waals surface area contributed by atoms with Crippen molar-refractivity contribution < 1.29 is 14.3 Å². The number of benzene rings is 1. The van der Waals surface area contributed by atoms with Crippen LogP contribution in [-0.4, -0.2) is 37.6 Å². The van der Waals surface area contributed by atoms with Crippen LogP contribution in [0.1, 0.15) is 22.3 Å². The van der Waals surface area contributed by atoms with E-state index in [-0.39, 0.29) is 12.0 Å². The number of aryl methyl sites for hydroxylation is 1. The van der Waals surface area contributed by atoms with Gasteiger partial charge in [-0.2, -0.15) is 0 Å². The van der Waals surface area contributed by atoms with Gasteiger partial charge in [0.15, 0.2) is 0 Å². The number of primary amides is 1. The first-order valence-corrected chi connectivity index (χ1v) is 6.59. The summed E-state index contributed by atoms with van der Waals surface area (Å²) in [4.78, 5) is 23.0. The van der Waals surface area contributed by atoms with Gasteiger partial charge in [-0.15, -0.1) is 0 Å². The first-order chi connectivity index (χ1) is 9.56. The molecule has 0 aromatic heterocycles. The Morgan fingerprint density at radius 3 is 2.90 bits per heavy atom. The number of amides is 2. The molecule has 0 spiro atoms. The van der Waals surface area contributed by atoms with Crippen molar-refractivity contribution in [3.8, 4) is 0 Å². The molecule has 1 atom stereocenters. The van der Waals surface area contributed by atoms with Crippen LogP contribution >= 0.6 is 0 Å². The highest BCUT2D eigenvalue weighted by molar-refractivity contribution is 5.95. The number of carbonyl (C=O) groups excluding carboxylic acids is 2. The molecule has 2 amide bonds. The molecule has 1 fully saturated rings. The van der Waals surface area contributed by atoms with Gasteiger partial charge in [0.1, 0.15) is 0 Å². The fraction of sp³-hybridized carbons (Fsp3) is 0.429. The normalized spacial score (nSPS) is 18.6. The van der Waals surface area contributed by atoms with E-state index in [1.807, 2.05) is 6.92 Å². The van der Waals surface area contributed by atoms with E-state index in [4.69, 9.17) is 10.5 Å². The van der Waals surface area contributed by atoms with Crippen LogP contribution in [0.2, 0.25) is 0 Å². The molecule has 6 heteroatoms. The molecular formula is C14H19N3O3. The molecule has 1 heterocycles. The fourth-order valence-corrected chi connectivity index (χ4v) is 2.12. The molecule has 0 aliphatic carbocycles. The van der Waals surface area contributed by atoms with Crippen molar-refractivity contribution >= 4 is 17.5 Å². The highest BCUT2D eigenvalue weighted by atomic mass is 16.5. The molecule has 4 N–H and O–H groups in total. The van der Waals surface area contributed by atoms with Crippen LogP contribution in [0.3, 0.4) is 0 Å². The van der Waals surface area contributed by atoms with Crippen LogP contribution in [0.25, 0.3) is 0 Å². The van der Waals surface area contributed by atoms with Gasteiger partial charge in [-0.3, -0.25) is 9.59 Å². The van der Waals surface area contributed by atoms with Gasteiger partial charge in [-0.1, -0.05) is 0 Å². The molecule has 1 aliphatic heterocycles. The summed E-state index contributed by atoms with van der Waals surface area (Å²) < 4.78 is 5.48. The van der Waals surface area contributed by atoms with E-state index >= 15 is 0 Å². The Kier molecular flexibility index (Phi) is 4.70. The summed E-state index contributed by atoms with van der Waals surface area (Å²) in [5.74, 6) is -0.582. The van der Waals surface area contributed by atoms with E-state index in [2.05, 4.69) is 10.6 Å². The SMILES string of the molecule is Cc1cc(C(N)=O)ccc1NC(=O)CC1CNCCO1. The zero-order valence-electron chi connectivity index (χ0n) is 11.4.